The van der Waals surface area contributed by atoms with E-state index in [-0.39, 0.29) is 0 Å². The first-order valence-corrected chi connectivity index (χ1v) is 9.03. The van der Waals surface area contributed by atoms with Gasteiger partial charge in [-0.3, -0.25) is 10.2 Å². The minimum atomic E-state index is 0.321. The number of ether oxygens (including phenoxy) is 1. The van der Waals surface area contributed by atoms with Crippen LogP contribution in [-0.2, 0) is 11.2 Å². The van der Waals surface area contributed by atoms with Gasteiger partial charge in [-0.1, -0.05) is 67.6 Å². The molecule has 1 fully saturated rings. The monoisotopic (exact) mass is 324 g/mol. The molecular weight excluding hydrogens is 296 g/mol. The lowest BCUT2D eigenvalue weighted by Crippen LogP contribution is -2.51. The highest BCUT2D eigenvalue weighted by molar-refractivity contribution is 5.24. The molecular formula is C21H28N2O. The van der Waals surface area contributed by atoms with Crippen molar-refractivity contribution < 1.29 is 4.74 Å². The van der Waals surface area contributed by atoms with Crippen molar-refractivity contribution in [3.05, 3.63) is 71.8 Å². The fourth-order valence-corrected chi connectivity index (χ4v) is 3.41. The Bertz CT molecular complexity index is 581. The molecule has 1 aliphatic rings. The smallest absolute Gasteiger partial charge is 0.0600 e. The number of nitrogens with zero attached hydrogens (tertiary/aromatic N) is 1. The van der Waals surface area contributed by atoms with Crippen molar-refractivity contribution >= 4 is 0 Å². The third-order valence-corrected chi connectivity index (χ3v) is 4.75. The summed E-state index contributed by atoms with van der Waals surface area (Å²) in [6, 6.07) is 21.9. The molecule has 2 unspecified atom stereocenters. The van der Waals surface area contributed by atoms with Crippen LogP contribution in [0.1, 0.15) is 30.5 Å². The standard InChI is InChI=1S/C21H28N2O/c1-2-21(23-13-15-24-16-14-23)22-20(19-11-7-4-8-12-19)17-18-9-5-3-6-10-18/h3-12,20-22H,2,13-17H2,1H3. The maximum atomic E-state index is 5.51. The molecule has 2 aromatic rings. The van der Waals surface area contributed by atoms with Crippen LogP contribution in [0.15, 0.2) is 60.7 Å². The zero-order valence-electron chi connectivity index (χ0n) is 14.5. The summed E-state index contributed by atoms with van der Waals surface area (Å²) in [5, 5.41) is 3.91. The van der Waals surface area contributed by atoms with E-state index < -0.39 is 0 Å². The summed E-state index contributed by atoms with van der Waals surface area (Å²) in [6.07, 6.45) is 2.49. The van der Waals surface area contributed by atoms with Crippen molar-refractivity contribution in [2.24, 2.45) is 0 Å². The van der Waals surface area contributed by atoms with Crippen LogP contribution in [0, 0.1) is 0 Å². The van der Waals surface area contributed by atoms with Crippen LogP contribution >= 0.6 is 0 Å². The molecule has 0 aliphatic carbocycles. The fraction of sp³-hybridized carbons (Fsp3) is 0.429. The van der Waals surface area contributed by atoms with Gasteiger partial charge in [0.05, 0.1) is 19.4 Å². The quantitative estimate of drug-likeness (QED) is 0.842. The molecule has 2 aromatic carbocycles. The lowest BCUT2D eigenvalue weighted by Gasteiger charge is -2.37. The average Bonchev–Trinajstić information content (AvgIpc) is 2.67. The van der Waals surface area contributed by atoms with Crippen molar-refractivity contribution in [2.45, 2.75) is 32.0 Å². The van der Waals surface area contributed by atoms with Crippen LogP contribution in [0.4, 0.5) is 0 Å². The molecule has 0 bridgehead atoms. The molecule has 0 saturated carbocycles. The third-order valence-electron chi connectivity index (χ3n) is 4.75. The Hall–Kier alpha value is -1.68. The molecule has 1 heterocycles. The molecule has 2 atom stereocenters. The van der Waals surface area contributed by atoms with Crippen LogP contribution in [-0.4, -0.2) is 37.4 Å². The SMILES string of the molecule is CCC(NC(Cc1ccccc1)c1ccccc1)N1CCOCC1. The van der Waals surface area contributed by atoms with E-state index >= 15 is 0 Å². The minimum Gasteiger partial charge on any atom is -0.379 e. The Morgan fingerprint density at radius 1 is 0.958 bits per heavy atom. The van der Waals surface area contributed by atoms with Gasteiger partial charge in [0.1, 0.15) is 0 Å². The Morgan fingerprint density at radius 3 is 2.21 bits per heavy atom. The van der Waals surface area contributed by atoms with Crippen molar-refractivity contribution in [1.29, 1.82) is 0 Å². The highest BCUT2D eigenvalue weighted by Crippen LogP contribution is 2.20. The van der Waals surface area contributed by atoms with E-state index in [0.29, 0.717) is 12.2 Å². The fourth-order valence-electron chi connectivity index (χ4n) is 3.41. The van der Waals surface area contributed by atoms with Crippen LogP contribution < -0.4 is 5.32 Å². The third kappa shape index (κ3) is 4.67. The van der Waals surface area contributed by atoms with Gasteiger partial charge in [-0.05, 0) is 24.0 Å². The second-order valence-corrected chi connectivity index (χ2v) is 6.39. The lowest BCUT2D eigenvalue weighted by atomic mass is 9.98. The second-order valence-electron chi connectivity index (χ2n) is 6.39. The van der Waals surface area contributed by atoms with Gasteiger partial charge in [-0.25, -0.2) is 0 Å². The van der Waals surface area contributed by atoms with E-state index in [1.165, 1.54) is 11.1 Å². The van der Waals surface area contributed by atoms with Crippen LogP contribution in [0.25, 0.3) is 0 Å². The topological polar surface area (TPSA) is 24.5 Å². The zero-order chi connectivity index (χ0) is 16.6. The maximum absolute atomic E-state index is 5.51. The lowest BCUT2D eigenvalue weighted by molar-refractivity contribution is 0.00486. The molecule has 0 radical (unpaired) electrons. The summed E-state index contributed by atoms with van der Waals surface area (Å²) < 4.78 is 5.51. The Kier molecular flexibility index (Phi) is 6.41. The molecule has 0 aromatic heterocycles. The van der Waals surface area contributed by atoms with Gasteiger partial charge in [0.15, 0.2) is 0 Å². The Balaban J connectivity index is 1.75. The van der Waals surface area contributed by atoms with Crippen LogP contribution in [0.3, 0.4) is 0 Å². The number of rotatable bonds is 7. The second kappa shape index (κ2) is 8.97. The van der Waals surface area contributed by atoms with Gasteiger partial charge in [-0.15, -0.1) is 0 Å². The Morgan fingerprint density at radius 2 is 1.58 bits per heavy atom. The van der Waals surface area contributed by atoms with Gasteiger partial charge < -0.3 is 4.74 Å². The molecule has 3 heteroatoms. The molecule has 3 rings (SSSR count). The predicted octanol–water partition coefficient (Wildman–Crippen LogP) is 3.63. The maximum Gasteiger partial charge on any atom is 0.0600 e. The van der Waals surface area contributed by atoms with Crippen molar-refractivity contribution in [1.82, 2.24) is 10.2 Å². The first-order chi connectivity index (χ1) is 11.9. The summed E-state index contributed by atoms with van der Waals surface area (Å²) >= 11 is 0. The number of morpholine rings is 1. The number of nitrogens with one attached hydrogen (secondary N) is 1. The molecule has 1 N–H and O–H groups in total. The number of hydrogen-bond donors (Lipinski definition) is 1. The van der Waals surface area contributed by atoms with E-state index in [0.717, 1.165) is 39.1 Å². The van der Waals surface area contributed by atoms with Gasteiger partial charge >= 0.3 is 0 Å². The molecule has 1 aliphatic heterocycles. The first-order valence-electron chi connectivity index (χ1n) is 9.03. The summed E-state index contributed by atoms with van der Waals surface area (Å²) in [5.74, 6) is 0. The molecule has 1 saturated heterocycles. The molecule has 128 valence electrons. The predicted molar refractivity (Wildman–Crippen MR) is 98.9 cm³/mol. The van der Waals surface area contributed by atoms with Gasteiger partial charge in [-0.2, -0.15) is 0 Å². The van der Waals surface area contributed by atoms with Crippen molar-refractivity contribution in [3.8, 4) is 0 Å². The van der Waals surface area contributed by atoms with Crippen LogP contribution in [0.2, 0.25) is 0 Å². The van der Waals surface area contributed by atoms with E-state index in [9.17, 15) is 0 Å². The number of benzene rings is 2. The van der Waals surface area contributed by atoms with Gasteiger partial charge in [0, 0.05) is 19.1 Å². The van der Waals surface area contributed by atoms with E-state index in [2.05, 4.69) is 77.8 Å². The van der Waals surface area contributed by atoms with E-state index in [1.54, 1.807) is 0 Å². The summed E-state index contributed by atoms with van der Waals surface area (Å²) in [7, 11) is 0. The van der Waals surface area contributed by atoms with Gasteiger partial charge in [0.25, 0.3) is 0 Å². The number of hydrogen-bond acceptors (Lipinski definition) is 3. The normalized spacial score (nSPS) is 18.2. The Labute approximate surface area is 145 Å². The molecule has 0 spiro atoms. The molecule has 3 nitrogen and oxygen atoms in total. The van der Waals surface area contributed by atoms with E-state index in [1.807, 2.05) is 0 Å². The molecule has 0 amide bonds. The summed E-state index contributed by atoms with van der Waals surface area (Å²) in [6.45, 7) is 5.97. The highest BCUT2D eigenvalue weighted by Gasteiger charge is 2.23. The zero-order valence-corrected chi connectivity index (χ0v) is 14.5. The summed E-state index contributed by atoms with van der Waals surface area (Å²) in [5.41, 5.74) is 2.73. The molecule has 24 heavy (non-hydrogen) atoms. The summed E-state index contributed by atoms with van der Waals surface area (Å²) in [4.78, 5) is 2.52. The van der Waals surface area contributed by atoms with Crippen LogP contribution in [0.5, 0.6) is 0 Å². The van der Waals surface area contributed by atoms with Crippen molar-refractivity contribution in [3.63, 3.8) is 0 Å². The largest absolute Gasteiger partial charge is 0.379 e. The van der Waals surface area contributed by atoms with Gasteiger partial charge in [0.2, 0.25) is 0 Å². The minimum absolute atomic E-state index is 0.321. The average molecular weight is 324 g/mol. The highest BCUT2D eigenvalue weighted by atomic mass is 16.5. The first kappa shape index (κ1) is 17.2. The van der Waals surface area contributed by atoms with E-state index in [4.69, 9.17) is 4.74 Å². The van der Waals surface area contributed by atoms with Crippen molar-refractivity contribution in [2.75, 3.05) is 26.3 Å².